The molecule has 6 nitrogen and oxygen atoms in total. The van der Waals surface area contributed by atoms with E-state index >= 15 is 0 Å². The third-order valence-corrected chi connectivity index (χ3v) is 8.57. The number of nitrogens with zero attached hydrogens (tertiary/aromatic N) is 2. The third kappa shape index (κ3) is 5.17. The number of hydrogen-bond donors (Lipinski definition) is 0. The topological polar surface area (TPSA) is 59.1 Å². The van der Waals surface area contributed by atoms with Gasteiger partial charge in [-0.2, -0.15) is 0 Å². The SMILES string of the molecule is COc1ccc(C(=O)N(CC(=O)N2CCc3sccc3C2c2ccc(C(C)(C)C)cc2)C2CC2)c(OC)c1. The van der Waals surface area contributed by atoms with Gasteiger partial charge in [0.25, 0.3) is 5.91 Å². The van der Waals surface area contributed by atoms with Crippen LogP contribution >= 0.6 is 11.3 Å². The van der Waals surface area contributed by atoms with E-state index in [4.69, 9.17) is 9.47 Å². The molecule has 5 rings (SSSR count). The van der Waals surface area contributed by atoms with Crippen molar-refractivity contribution in [2.45, 2.75) is 57.5 Å². The van der Waals surface area contributed by atoms with Gasteiger partial charge in [0.2, 0.25) is 5.91 Å². The van der Waals surface area contributed by atoms with Gasteiger partial charge in [-0.15, -0.1) is 11.3 Å². The minimum absolute atomic E-state index is 0.0283. The van der Waals surface area contributed by atoms with Crippen LogP contribution < -0.4 is 9.47 Å². The second kappa shape index (κ2) is 10.4. The molecule has 1 unspecified atom stereocenters. The van der Waals surface area contributed by atoms with E-state index in [1.165, 1.54) is 16.0 Å². The first kappa shape index (κ1) is 26.3. The van der Waals surface area contributed by atoms with Crippen LogP contribution in [0.5, 0.6) is 11.5 Å². The molecule has 1 saturated carbocycles. The molecule has 0 N–H and O–H groups in total. The van der Waals surface area contributed by atoms with Crippen molar-refractivity contribution in [3.05, 3.63) is 81.0 Å². The summed E-state index contributed by atoms with van der Waals surface area (Å²) in [7, 11) is 3.12. The first-order chi connectivity index (χ1) is 18.2. The Morgan fingerprint density at radius 3 is 2.39 bits per heavy atom. The molecule has 0 spiro atoms. The fourth-order valence-corrected chi connectivity index (χ4v) is 6.13. The van der Waals surface area contributed by atoms with Gasteiger partial charge in [-0.3, -0.25) is 9.59 Å². The smallest absolute Gasteiger partial charge is 0.258 e. The van der Waals surface area contributed by atoms with Crippen LogP contribution in [0.3, 0.4) is 0 Å². The molecule has 2 aromatic carbocycles. The third-order valence-electron chi connectivity index (χ3n) is 7.57. The molecule has 2 aliphatic rings. The van der Waals surface area contributed by atoms with Gasteiger partial charge in [0.1, 0.15) is 18.0 Å². The Morgan fingerprint density at radius 1 is 1.03 bits per heavy atom. The average Bonchev–Trinajstić information content (AvgIpc) is 3.65. The predicted molar refractivity (Wildman–Crippen MR) is 150 cm³/mol. The van der Waals surface area contributed by atoms with Crippen molar-refractivity contribution in [2.24, 2.45) is 0 Å². The van der Waals surface area contributed by atoms with E-state index in [1.807, 2.05) is 4.90 Å². The number of carbonyl (C=O) groups excluding carboxylic acids is 2. The number of amides is 2. The molecule has 38 heavy (non-hydrogen) atoms. The summed E-state index contributed by atoms with van der Waals surface area (Å²) in [5.41, 5.74) is 4.06. The molecule has 200 valence electrons. The summed E-state index contributed by atoms with van der Waals surface area (Å²) in [4.78, 5) is 32.7. The van der Waals surface area contributed by atoms with Crippen molar-refractivity contribution in [1.82, 2.24) is 9.80 Å². The lowest BCUT2D eigenvalue weighted by Crippen LogP contribution is -2.47. The zero-order valence-corrected chi connectivity index (χ0v) is 23.6. The monoisotopic (exact) mass is 532 g/mol. The molecule has 0 bridgehead atoms. The van der Waals surface area contributed by atoms with Crippen molar-refractivity contribution in [3.63, 3.8) is 0 Å². The van der Waals surface area contributed by atoms with E-state index in [0.717, 1.165) is 24.8 Å². The molecular weight excluding hydrogens is 496 g/mol. The number of fused-ring (bicyclic) bond motifs is 1. The molecule has 1 atom stereocenters. The molecule has 0 radical (unpaired) electrons. The van der Waals surface area contributed by atoms with Crippen molar-refractivity contribution in [3.8, 4) is 11.5 Å². The molecule has 1 fully saturated rings. The van der Waals surface area contributed by atoms with E-state index in [-0.39, 0.29) is 35.9 Å². The predicted octanol–water partition coefficient (Wildman–Crippen LogP) is 5.84. The Bertz CT molecular complexity index is 1320. The van der Waals surface area contributed by atoms with Crippen LogP contribution in [-0.4, -0.2) is 55.0 Å². The summed E-state index contributed by atoms with van der Waals surface area (Å²) >= 11 is 1.76. The van der Waals surface area contributed by atoms with Crippen LogP contribution in [0.25, 0.3) is 0 Å². The van der Waals surface area contributed by atoms with Crippen LogP contribution in [0.1, 0.15) is 71.6 Å². The lowest BCUT2D eigenvalue weighted by molar-refractivity contribution is -0.134. The van der Waals surface area contributed by atoms with Crippen LogP contribution in [0.2, 0.25) is 0 Å². The van der Waals surface area contributed by atoms with Gasteiger partial charge in [-0.1, -0.05) is 45.0 Å². The van der Waals surface area contributed by atoms with E-state index in [9.17, 15) is 9.59 Å². The molecular formula is C31H36N2O4S. The Labute approximate surface area is 229 Å². The normalized spacial score (nSPS) is 17.1. The lowest BCUT2D eigenvalue weighted by atomic mass is 9.85. The highest BCUT2D eigenvalue weighted by atomic mass is 32.1. The van der Waals surface area contributed by atoms with Crippen molar-refractivity contribution in [2.75, 3.05) is 27.3 Å². The first-order valence-corrected chi connectivity index (χ1v) is 14.1. The Morgan fingerprint density at radius 2 is 1.76 bits per heavy atom. The molecule has 1 aliphatic heterocycles. The van der Waals surface area contributed by atoms with Crippen molar-refractivity contribution in [1.29, 1.82) is 0 Å². The fourth-order valence-electron chi connectivity index (χ4n) is 5.23. The van der Waals surface area contributed by atoms with Crippen LogP contribution in [0, 0.1) is 0 Å². The quantitative estimate of drug-likeness (QED) is 0.384. The summed E-state index contributed by atoms with van der Waals surface area (Å²) in [6, 6.07) is 15.9. The van der Waals surface area contributed by atoms with Crippen LogP contribution in [0.15, 0.2) is 53.9 Å². The van der Waals surface area contributed by atoms with E-state index < -0.39 is 0 Å². The number of hydrogen-bond acceptors (Lipinski definition) is 5. The molecule has 3 aromatic rings. The largest absolute Gasteiger partial charge is 0.497 e. The average molecular weight is 533 g/mol. The van der Waals surface area contributed by atoms with Gasteiger partial charge in [0.05, 0.1) is 25.8 Å². The molecule has 1 aliphatic carbocycles. The Hall–Kier alpha value is -3.32. The highest BCUT2D eigenvalue weighted by molar-refractivity contribution is 7.10. The maximum atomic E-state index is 14.0. The zero-order valence-electron chi connectivity index (χ0n) is 22.8. The summed E-state index contributed by atoms with van der Waals surface area (Å²) in [6.07, 6.45) is 2.65. The Balaban J connectivity index is 1.43. The molecule has 2 amide bonds. The van der Waals surface area contributed by atoms with Gasteiger partial charge in [-0.05, 0) is 64.9 Å². The van der Waals surface area contributed by atoms with Gasteiger partial charge in [-0.25, -0.2) is 0 Å². The summed E-state index contributed by atoms with van der Waals surface area (Å²) < 4.78 is 10.8. The highest BCUT2D eigenvalue weighted by Crippen LogP contribution is 2.39. The van der Waals surface area contributed by atoms with Gasteiger partial charge < -0.3 is 19.3 Å². The summed E-state index contributed by atoms with van der Waals surface area (Å²) in [6.45, 7) is 7.30. The summed E-state index contributed by atoms with van der Waals surface area (Å²) in [5.74, 6) is 0.858. The molecule has 2 heterocycles. The number of benzene rings is 2. The second-order valence-corrected chi connectivity index (χ2v) is 12.1. The van der Waals surface area contributed by atoms with Gasteiger partial charge >= 0.3 is 0 Å². The molecule has 1 aromatic heterocycles. The standard InChI is InChI=1S/C31H36N2O4S/c1-31(2,3)21-8-6-20(7-9-21)29-25-15-17-38-27(25)14-16-32(29)28(34)19-33(22-10-11-22)30(35)24-13-12-23(36-4)18-26(24)37-5/h6-9,12-13,15,17-18,22,29H,10-11,14,16,19H2,1-5H3. The fraction of sp³-hybridized carbons (Fsp3) is 0.419. The second-order valence-electron chi connectivity index (χ2n) is 11.1. The first-order valence-electron chi connectivity index (χ1n) is 13.2. The maximum Gasteiger partial charge on any atom is 0.258 e. The van der Waals surface area contributed by atoms with Crippen LogP contribution in [0.4, 0.5) is 0 Å². The zero-order chi connectivity index (χ0) is 27.0. The Kier molecular flexibility index (Phi) is 7.23. The number of methoxy groups -OCH3 is 2. The minimum atomic E-state index is -0.181. The number of ether oxygens (including phenoxy) is 2. The number of carbonyl (C=O) groups is 2. The van der Waals surface area contributed by atoms with Gasteiger partial charge in [0, 0.05) is 23.5 Å². The summed E-state index contributed by atoms with van der Waals surface area (Å²) in [5, 5.41) is 2.12. The molecule has 7 heteroatoms. The van der Waals surface area contributed by atoms with E-state index in [1.54, 1.807) is 48.7 Å². The highest BCUT2D eigenvalue weighted by Gasteiger charge is 2.39. The van der Waals surface area contributed by atoms with E-state index in [2.05, 4.69) is 56.5 Å². The van der Waals surface area contributed by atoms with Gasteiger partial charge in [0.15, 0.2) is 0 Å². The minimum Gasteiger partial charge on any atom is -0.497 e. The van der Waals surface area contributed by atoms with Crippen molar-refractivity contribution >= 4 is 23.2 Å². The number of rotatable bonds is 7. The lowest BCUT2D eigenvalue weighted by Gasteiger charge is -2.38. The van der Waals surface area contributed by atoms with Crippen LogP contribution in [-0.2, 0) is 16.6 Å². The van der Waals surface area contributed by atoms with E-state index in [0.29, 0.717) is 23.6 Å². The maximum absolute atomic E-state index is 14.0. The molecule has 0 saturated heterocycles. The number of thiophene rings is 1. The van der Waals surface area contributed by atoms with Crippen molar-refractivity contribution < 1.29 is 19.1 Å².